The number of aromatic nitrogens is 2. The second kappa shape index (κ2) is 6.15. The van der Waals surface area contributed by atoms with Gasteiger partial charge in [0.25, 0.3) is 0 Å². The molecule has 2 fully saturated rings. The second-order valence-electron chi connectivity index (χ2n) is 6.10. The van der Waals surface area contributed by atoms with Crippen molar-refractivity contribution < 1.29 is 9.53 Å². The highest BCUT2D eigenvalue weighted by Gasteiger charge is 2.30. The zero-order valence-corrected chi connectivity index (χ0v) is 12.9. The van der Waals surface area contributed by atoms with Gasteiger partial charge in [-0.3, -0.25) is 14.4 Å². The van der Waals surface area contributed by atoms with Crippen LogP contribution in [-0.4, -0.2) is 64.4 Å². The van der Waals surface area contributed by atoms with Crippen LogP contribution in [0.3, 0.4) is 0 Å². The lowest BCUT2D eigenvalue weighted by Crippen LogP contribution is -2.48. The van der Waals surface area contributed by atoms with E-state index in [1.54, 1.807) is 0 Å². The van der Waals surface area contributed by atoms with Crippen LogP contribution in [-0.2, 0) is 16.6 Å². The normalized spacial score (nSPS) is 27.2. The fraction of sp³-hybridized carbons (Fsp3) is 0.733. The van der Waals surface area contributed by atoms with Gasteiger partial charge < -0.3 is 9.64 Å². The van der Waals surface area contributed by atoms with Crippen LogP contribution in [0.25, 0.3) is 0 Å². The number of carbonyl (C=O) groups excluding carboxylic acids is 1. The minimum absolute atomic E-state index is 0.149. The predicted molar refractivity (Wildman–Crippen MR) is 78.8 cm³/mol. The van der Waals surface area contributed by atoms with E-state index >= 15 is 0 Å². The molecular weight excluding hydrogens is 268 g/mol. The number of hydrogen-bond acceptors (Lipinski definition) is 4. The molecule has 0 N–H and O–H groups in total. The van der Waals surface area contributed by atoms with Crippen molar-refractivity contribution >= 4 is 5.91 Å². The maximum absolute atomic E-state index is 12.5. The summed E-state index contributed by atoms with van der Waals surface area (Å²) in [4.78, 5) is 16.7. The number of nitrogens with zero attached hydrogens (tertiary/aromatic N) is 4. The van der Waals surface area contributed by atoms with Crippen LogP contribution in [0.15, 0.2) is 12.4 Å². The Balaban J connectivity index is 1.62. The summed E-state index contributed by atoms with van der Waals surface area (Å²) in [5.41, 5.74) is 1.22. The number of ether oxygens (including phenoxy) is 1. The molecular formula is C15H24N4O2. The first-order chi connectivity index (χ1) is 10.1. The third-order valence-electron chi connectivity index (χ3n) is 4.41. The second-order valence-corrected chi connectivity index (χ2v) is 6.10. The van der Waals surface area contributed by atoms with Crippen LogP contribution < -0.4 is 0 Å². The number of hydrogen-bond donors (Lipinski definition) is 0. The highest BCUT2D eigenvalue weighted by atomic mass is 16.5. The number of aryl methyl sites for hydroxylation is 1. The fourth-order valence-corrected chi connectivity index (χ4v) is 3.32. The molecule has 0 bridgehead atoms. The molecule has 2 saturated heterocycles. The Labute approximate surface area is 125 Å². The maximum atomic E-state index is 12.5. The topological polar surface area (TPSA) is 50.6 Å². The molecule has 0 aromatic carbocycles. The Morgan fingerprint density at radius 3 is 3.05 bits per heavy atom. The van der Waals surface area contributed by atoms with Crippen LogP contribution in [0.4, 0.5) is 0 Å². The minimum Gasteiger partial charge on any atom is -0.375 e. The Hall–Kier alpha value is -1.40. The van der Waals surface area contributed by atoms with Gasteiger partial charge in [-0.1, -0.05) is 0 Å². The molecule has 116 valence electrons. The first-order valence-corrected chi connectivity index (χ1v) is 7.75. The van der Waals surface area contributed by atoms with Gasteiger partial charge in [0.1, 0.15) is 0 Å². The SMILES string of the molecule is C[C@H]1CN(C(=O)CN2CCC[C@@H]2c2cnn(C)c2)CCO1. The minimum atomic E-state index is 0.149. The number of morpholine rings is 1. The molecule has 0 saturated carbocycles. The molecule has 0 spiro atoms. The van der Waals surface area contributed by atoms with Crippen molar-refractivity contribution in [1.82, 2.24) is 19.6 Å². The Bertz CT molecular complexity index is 502. The molecule has 1 aromatic heterocycles. The van der Waals surface area contributed by atoms with E-state index in [0.717, 1.165) is 19.4 Å². The highest BCUT2D eigenvalue weighted by molar-refractivity contribution is 5.78. The lowest BCUT2D eigenvalue weighted by Gasteiger charge is -2.33. The van der Waals surface area contributed by atoms with Crippen LogP contribution in [0.1, 0.15) is 31.4 Å². The first-order valence-electron chi connectivity index (χ1n) is 7.75. The Kier molecular flexibility index (Phi) is 4.26. The molecule has 1 amide bonds. The van der Waals surface area contributed by atoms with Crippen LogP contribution in [0.2, 0.25) is 0 Å². The fourth-order valence-electron chi connectivity index (χ4n) is 3.32. The van der Waals surface area contributed by atoms with Crippen molar-refractivity contribution in [2.24, 2.45) is 7.05 Å². The Morgan fingerprint density at radius 2 is 2.33 bits per heavy atom. The average Bonchev–Trinajstić information content (AvgIpc) is 3.07. The van der Waals surface area contributed by atoms with Crippen LogP contribution in [0.5, 0.6) is 0 Å². The van der Waals surface area contributed by atoms with Gasteiger partial charge in [0.15, 0.2) is 0 Å². The standard InChI is InChI=1S/C15H24N4O2/c1-12-9-19(6-7-21-12)15(20)11-18-5-3-4-14(18)13-8-16-17(2)10-13/h8,10,12,14H,3-7,9,11H2,1-2H3/t12-,14+/m0/s1. The van der Waals surface area contributed by atoms with Crippen molar-refractivity contribution in [2.45, 2.75) is 31.9 Å². The summed E-state index contributed by atoms with van der Waals surface area (Å²) in [6.45, 7) is 5.60. The van der Waals surface area contributed by atoms with Gasteiger partial charge >= 0.3 is 0 Å². The van der Waals surface area contributed by atoms with E-state index in [-0.39, 0.29) is 12.0 Å². The van der Waals surface area contributed by atoms with Gasteiger partial charge in [-0.15, -0.1) is 0 Å². The molecule has 2 aliphatic heterocycles. The van der Waals surface area contributed by atoms with Gasteiger partial charge in [0.05, 0.1) is 25.5 Å². The highest BCUT2D eigenvalue weighted by Crippen LogP contribution is 2.31. The zero-order valence-electron chi connectivity index (χ0n) is 12.9. The molecule has 1 aromatic rings. The Morgan fingerprint density at radius 1 is 1.48 bits per heavy atom. The lowest BCUT2D eigenvalue weighted by atomic mass is 10.1. The molecule has 0 aliphatic carbocycles. The molecule has 0 radical (unpaired) electrons. The molecule has 6 heteroatoms. The molecule has 3 heterocycles. The van der Waals surface area contributed by atoms with Crippen molar-refractivity contribution in [3.63, 3.8) is 0 Å². The van der Waals surface area contributed by atoms with E-state index in [1.165, 1.54) is 5.56 Å². The number of carbonyl (C=O) groups is 1. The summed E-state index contributed by atoms with van der Waals surface area (Å²) in [7, 11) is 1.93. The van der Waals surface area contributed by atoms with E-state index in [9.17, 15) is 4.79 Å². The molecule has 2 aliphatic rings. The largest absolute Gasteiger partial charge is 0.375 e. The summed E-state index contributed by atoms with van der Waals surface area (Å²) >= 11 is 0. The van der Waals surface area contributed by atoms with Gasteiger partial charge in [-0.25, -0.2) is 0 Å². The third kappa shape index (κ3) is 3.27. The summed E-state index contributed by atoms with van der Waals surface area (Å²) in [6.07, 6.45) is 6.38. The van der Waals surface area contributed by atoms with E-state index in [4.69, 9.17) is 4.74 Å². The quantitative estimate of drug-likeness (QED) is 0.827. The summed E-state index contributed by atoms with van der Waals surface area (Å²) in [6, 6.07) is 0.334. The van der Waals surface area contributed by atoms with Crippen molar-refractivity contribution in [3.05, 3.63) is 18.0 Å². The number of rotatable bonds is 3. The zero-order chi connectivity index (χ0) is 14.8. The van der Waals surface area contributed by atoms with E-state index in [1.807, 2.05) is 29.7 Å². The molecule has 0 unspecified atom stereocenters. The molecule has 3 rings (SSSR count). The predicted octanol–water partition coefficient (Wildman–Crippen LogP) is 0.804. The molecule has 6 nitrogen and oxygen atoms in total. The molecule has 21 heavy (non-hydrogen) atoms. The number of likely N-dealkylation sites (tertiary alicyclic amines) is 1. The summed E-state index contributed by atoms with van der Waals surface area (Å²) in [5.74, 6) is 0.223. The van der Waals surface area contributed by atoms with Gasteiger partial charge in [-0.2, -0.15) is 5.10 Å². The molecule has 2 atom stereocenters. The van der Waals surface area contributed by atoms with Gasteiger partial charge in [0, 0.05) is 37.9 Å². The third-order valence-corrected chi connectivity index (χ3v) is 4.41. The lowest BCUT2D eigenvalue weighted by molar-refractivity contribution is -0.139. The van der Waals surface area contributed by atoms with Crippen LogP contribution in [0, 0.1) is 0 Å². The van der Waals surface area contributed by atoms with Gasteiger partial charge in [-0.05, 0) is 26.3 Å². The first kappa shape index (κ1) is 14.5. The average molecular weight is 292 g/mol. The van der Waals surface area contributed by atoms with Crippen molar-refractivity contribution in [3.8, 4) is 0 Å². The van der Waals surface area contributed by atoms with Gasteiger partial charge in [0.2, 0.25) is 5.91 Å². The summed E-state index contributed by atoms with van der Waals surface area (Å²) < 4.78 is 7.33. The summed E-state index contributed by atoms with van der Waals surface area (Å²) in [5, 5.41) is 4.25. The van der Waals surface area contributed by atoms with E-state index in [2.05, 4.69) is 16.2 Å². The number of amides is 1. The van der Waals surface area contributed by atoms with Crippen molar-refractivity contribution in [2.75, 3.05) is 32.8 Å². The monoisotopic (exact) mass is 292 g/mol. The maximum Gasteiger partial charge on any atom is 0.236 e. The van der Waals surface area contributed by atoms with Crippen molar-refractivity contribution in [1.29, 1.82) is 0 Å². The smallest absolute Gasteiger partial charge is 0.236 e. The van der Waals surface area contributed by atoms with Crippen LogP contribution >= 0.6 is 0 Å². The van der Waals surface area contributed by atoms with E-state index in [0.29, 0.717) is 32.3 Å². The van der Waals surface area contributed by atoms with E-state index < -0.39 is 0 Å².